The molecule has 1 aromatic rings. The van der Waals surface area contributed by atoms with Crippen LogP contribution in [0, 0.1) is 13.8 Å². The van der Waals surface area contributed by atoms with Crippen LogP contribution in [-0.2, 0) is 4.79 Å². The SMILES string of the molecule is CCC(=O)C=C1Sc2cc(C)c(C)cc2N1CC. The van der Waals surface area contributed by atoms with E-state index in [9.17, 15) is 4.79 Å². The van der Waals surface area contributed by atoms with Crippen molar-refractivity contribution in [1.82, 2.24) is 0 Å². The maximum absolute atomic E-state index is 11.6. The molecular weight excluding hydrogens is 242 g/mol. The van der Waals surface area contributed by atoms with E-state index < -0.39 is 0 Å². The van der Waals surface area contributed by atoms with E-state index in [1.54, 1.807) is 17.8 Å². The van der Waals surface area contributed by atoms with Crippen molar-refractivity contribution in [2.75, 3.05) is 11.4 Å². The van der Waals surface area contributed by atoms with Crippen LogP contribution < -0.4 is 4.90 Å². The minimum absolute atomic E-state index is 0.192. The molecule has 0 aliphatic carbocycles. The normalized spacial score (nSPS) is 16.2. The second kappa shape index (κ2) is 5.19. The molecule has 3 heteroatoms. The van der Waals surface area contributed by atoms with Crippen molar-refractivity contribution in [3.8, 4) is 0 Å². The van der Waals surface area contributed by atoms with E-state index in [4.69, 9.17) is 0 Å². The number of anilines is 1. The summed E-state index contributed by atoms with van der Waals surface area (Å²) in [5.74, 6) is 0.192. The Kier molecular flexibility index (Phi) is 3.81. The largest absolute Gasteiger partial charge is 0.335 e. The molecule has 0 unspecified atom stereocenters. The molecule has 96 valence electrons. The molecular formula is C15H19NOS. The summed E-state index contributed by atoms with van der Waals surface area (Å²) in [6.45, 7) is 9.18. The predicted molar refractivity (Wildman–Crippen MR) is 78.2 cm³/mol. The zero-order valence-corrected chi connectivity index (χ0v) is 12.2. The van der Waals surface area contributed by atoms with Crippen molar-refractivity contribution < 1.29 is 4.79 Å². The molecule has 2 rings (SSSR count). The highest BCUT2D eigenvalue weighted by molar-refractivity contribution is 8.03. The molecule has 0 radical (unpaired) electrons. The Labute approximate surface area is 113 Å². The van der Waals surface area contributed by atoms with Crippen molar-refractivity contribution in [3.63, 3.8) is 0 Å². The first-order valence-corrected chi connectivity index (χ1v) is 7.19. The number of aryl methyl sites for hydroxylation is 2. The van der Waals surface area contributed by atoms with Gasteiger partial charge in [-0.3, -0.25) is 4.79 Å². The lowest BCUT2D eigenvalue weighted by atomic mass is 10.1. The highest BCUT2D eigenvalue weighted by Gasteiger charge is 2.25. The Morgan fingerprint density at radius 3 is 2.56 bits per heavy atom. The van der Waals surface area contributed by atoms with Gasteiger partial charge in [0, 0.05) is 23.9 Å². The number of ketones is 1. The number of allylic oxidation sites excluding steroid dienone is 1. The summed E-state index contributed by atoms with van der Waals surface area (Å²) in [7, 11) is 0. The number of rotatable bonds is 3. The highest BCUT2D eigenvalue weighted by atomic mass is 32.2. The lowest BCUT2D eigenvalue weighted by molar-refractivity contribution is -0.114. The predicted octanol–water partition coefficient (Wildman–Crippen LogP) is 4.06. The van der Waals surface area contributed by atoms with E-state index in [2.05, 4.69) is 37.8 Å². The average Bonchev–Trinajstić information content (AvgIpc) is 2.66. The lowest BCUT2D eigenvalue weighted by Gasteiger charge is -2.18. The first-order chi connectivity index (χ1) is 8.56. The third-order valence-corrected chi connectivity index (χ3v) is 4.39. The molecule has 0 bridgehead atoms. The maximum atomic E-state index is 11.6. The second-order valence-corrected chi connectivity index (χ2v) is 5.62. The van der Waals surface area contributed by atoms with E-state index in [0.717, 1.165) is 11.6 Å². The number of nitrogens with zero attached hydrogens (tertiary/aromatic N) is 1. The summed E-state index contributed by atoms with van der Waals surface area (Å²) in [6, 6.07) is 4.44. The van der Waals surface area contributed by atoms with Crippen LogP contribution >= 0.6 is 11.8 Å². The monoisotopic (exact) mass is 261 g/mol. The fourth-order valence-corrected chi connectivity index (χ4v) is 3.29. The summed E-state index contributed by atoms with van der Waals surface area (Å²) in [4.78, 5) is 15.1. The second-order valence-electron chi connectivity index (χ2n) is 4.55. The van der Waals surface area contributed by atoms with Gasteiger partial charge in [-0.25, -0.2) is 0 Å². The Hall–Kier alpha value is -1.22. The zero-order chi connectivity index (χ0) is 13.3. The molecule has 0 atom stereocenters. The van der Waals surface area contributed by atoms with Gasteiger partial charge in [-0.2, -0.15) is 0 Å². The van der Waals surface area contributed by atoms with Crippen LogP contribution in [-0.4, -0.2) is 12.3 Å². The standard InChI is InChI=1S/C15H19NOS/c1-5-12(17)9-15-16(6-2)13-7-10(3)11(4)8-14(13)18-15/h7-9H,5-6H2,1-4H3. The molecule has 0 spiro atoms. The summed E-state index contributed by atoms with van der Waals surface area (Å²) in [5.41, 5.74) is 3.84. The zero-order valence-electron chi connectivity index (χ0n) is 11.4. The number of carbonyl (C=O) groups is 1. The Morgan fingerprint density at radius 2 is 1.94 bits per heavy atom. The molecule has 0 N–H and O–H groups in total. The van der Waals surface area contributed by atoms with Gasteiger partial charge in [-0.15, -0.1) is 0 Å². The number of carbonyl (C=O) groups excluding carboxylic acids is 1. The van der Waals surface area contributed by atoms with Gasteiger partial charge >= 0.3 is 0 Å². The fourth-order valence-electron chi connectivity index (χ4n) is 2.03. The summed E-state index contributed by atoms with van der Waals surface area (Å²) >= 11 is 1.70. The van der Waals surface area contributed by atoms with Crippen LogP contribution in [0.1, 0.15) is 31.4 Å². The first kappa shape index (κ1) is 13.2. The van der Waals surface area contributed by atoms with E-state index in [-0.39, 0.29) is 5.78 Å². The van der Waals surface area contributed by atoms with Gasteiger partial charge in [0.15, 0.2) is 5.78 Å². The van der Waals surface area contributed by atoms with Gasteiger partial charge in [0.2, 0.25) is 0 Å². The fraction of sp³-hybridized carbons (Fsp3) is 0.400. The smallest absolute Gasteiger partial charge is 0.158 e. The van der Waals surface area contributed by atoms with E-state index in [1.165, 1.54) is 21.7 Å². The molecule has 0 amide bonds. The van der Waals surface area contributed by atoms with Crippen LogP contribution in [0.15, 0.2) is 28.1 Å². The molecule has 2 nitrogen and oxygen atoms in total. The minimum Gasteiger partial charge on any atom is -0.335 e. The molecule has 18 heavy (non-hydrogen) atoms. The third-order valence-electron chi connectivity index (χ3n) is 3.30. The number of hydrogen-bond acceptors (Lipinski definition) is 3. The van der Waals surface area contributed by atoms with Crippen LogP contribution in [0.4, 0.5) is 5.69 Å². The molecule has 0 aromatic heterocycles. The number of hydrogen-bond donors (Lipinski definition) is 0. The molecule has 1 aromatic carbocycles. The molecule has 1 aliphatic heterocycles. The van der Waals surface area contributed by atoms with Crippen LogP contribution in [0.25, 0.3) is 0 Å². The molecule has 1 heterocycles. The minimum atomic E-state index is 0.192. The molecule has 1 aliphatic rings. The molecule has 0 saturated heterocycles. The quantitative estimate of drug-likeness (QED) is 0.765. The Bertz CT molecular complexity index is 519. The van der Waals surface area contributed by atoms with E-state index in [0.29, 0.717) is 6.42 Å². The van der Waals surface area contributed by atoms with Crippen LogP contribution in [0.2, 0.25) is 0 Å². The van der Waals surface area contributed by atoms with Gasteiger partial charge < -0.3 is 4.90 Å². The third kappa shape index (κ3) is 2.32. The lowest BCUT2D eigenvalue weighted by Crippen LogP contribution is -2.17. The van der Waals surface area contributed by atoms with Gasteiger partial charge in [-0.05, 0) is 44.0 Å². The number of benzene rings is 1. The Balaban J connectivity index is 2.43. The van der Waals surface area contributed by atoms with Gasteiger partial charge in [0.05, 0.1) is 10.7 Å². The highest BCUT2D eigenvalue weighted by Crippen LogP contribution is 2.46. The first-order valence-electron chi connectivity index (χ1n) is 6.38. The van der Waals surface area contributed by atoms with Crippen LogP contribution in [0.3, 0.4) is 0 Å². The summed E-state index contributed by atoms with van der Waals surface area (Å²) < 4.78 is 0. The van der Waals surface area contributed by atoms with E-state index in [1.807, 2.05) is 6.92 Å². The number of thioether (sulfide) groups is 1. The number of fused-ring (bicyclic) bond motifs is 1. The average molecular weight is 261 g/mol. The van der Waals surface area contributed by atoms with Crippen molar-refractivity contribution in [1.29, 1.82) is 0 Å². The Morgan fingerprint density at radius 1 is 1.28 bits per heavy atom. The van der Waals surface area contributed by atoms with Crippen molar-refractivity contribution in [2.45, 2.75) is 39.0 Å². The van der Waals surface area contributed by atoms with E-state index >= 15 is 0 Å². The van der Waals surface area contributed by atoms with Crippen molar-refractivity contribution in [3.05, 3.63) is 34.4 Å². The topological polar surface area (TPSA) is 20.3 Å². The van der Waals surface area contributed by atoms with Crippen LogP contribution in [0.5, 0.6) is 0 Å². The molecule has 0 saturated carbocycles. The van der Waals surface area contributed by atoms with Gasteiger partial charge in [0.1, 0.15) is 0 Å². The molecule has 0 fully saturated rings. The van der Waals surface area contributed by atoms with Gasteiger partial charge in [-0.1, -0.05) is 18.7 Å². The van der Waals surface area contributed by atoms with Crippen molar-refractivity contribution in [2.24, 2.45) is 0 Å². The van der Waals surface area contributed by atoms with Crippen molar-refractivity contribution >= 4 is 23.2 Å². The van der Waals surface area contributed by atoms with Gasteiger partial charge in [0.25, 0.3) is 0 Å². The maximum Gasteiger partial charge on any atom is 0.158 e. The summed E-state index contributed by atoms with van der Waals surface area (Å²) in [5, 5.41) is 1.06. The summed E-state index contributed by atoms with van der Waals surface area (Å²) in [6.07, 6.45) is 2.34.